The summed E-state index contributed by atoms with van der Waals surface area (Å²) in [5.74, 6) is -1.39. The summed E-state index contributed by atoms with van der Waals surface area (Å²) in [6, 6.07) is 7.30. The van der Waals surface area contributed by atoms with Crippen LogP contribution in [0, 0.1) is 5.92 Å². The zero-order valence-corrected chi connectivity index (χ0v) is 12.0. The van der Waals surface area contributed by atoms with E-state index in [9.17, 15) is 13.2 Å². The van der Waals surface area contributed by atoms with Crippen molar-refractivity contribution < 1.29 is 13.2 Å². The molecule has 0 nitrogen and oxygen atoms in total. The Morgan fingerprint density at radius 2 is 2.06 bits per heavy atom. The molecule has 0 fully saturated rings. The topological polar surface area (TPSA) is 0 Å². The van der Waals surface area contributed by atoms with Gasteiger partial charge in [-0.05, 0) is 31.0 Å². The Bertz CT molecular complexity index is 421. The van der Waals surface area contributed by atoms with E-state index in [1.807, 2.05) is 31.2 Å². The van der Waals surface area contributed by atoms with E-state index in [1.165, 1.54) is 6.92 Å². The van der Waals surface area contributed by atoms with Crippen molar-refractivity contribution in [3.05, 3.63) is 39.9 Å². The lowest BCUT2D eigenvalue weighted by Crippen LogP contribution is -2.21. The maximum absolute atomic E-state index is 12.8. The maximum Gasteiger partial charge on any atom is 0.395 e. The highest BCUT2D eigenvalue weighted by Gasteiger charge is 2.37. The molecular formula is C14H16BrF3. The van der Waals surface area contributed by atoms with Crippen molar-refractivity contribution in [3.8, 4) is 0 Å². The van der Waals surface area contributed by atoms with Crippen molar-refractivity contribution >= 4 is 22.0 Å². The van der Waals surface area contributed by atoms with E-state index >= 15 is 0 Å². The summed E-state index contributed by atoms with van der Waals surface area (Å²) in [6.07, 6.45) is -1.35. The summed E-state index contributed by atoms with van der Waals surface area (Å²) >= 11 is 3.32. The van der Waals surface area contributed by atoms with Crippen molar-refractivity contribution in [2.24, 2.45) is 5.92 Å². The molecule has 1 rings (SSSR count). The molecule has 100 valence electrons. The van der Waals surface area contributed by atoms with E-state index in [2.05, 4.69) is 15.9 Å². The second-order valence-electron chi connectivity index (χ2n) is 4.29. The molecule has 0 saturated carbocycles. The summed E-state index contributed by atoms with van der Waals surface area (Å²) in [6.45, 7) is 3.11. The number of rotatable bonds is 4. The van der Waals surface area contributed by atoms with Gasteiger partial charge in [0.1, 0.15) is 0 Å². The van der Waals surface area contributed by atoms with Crippen LogP contribution in [0.25, 0.3) is 6.08 Å². The smallest absolute Gasteiger partial charge is 0.170 e. The first-order valence-corrected chi connectivity index (χ1v) is 6.66. The Morgan fingerprint density at radius 1 is 1.39 bits per heavy atom. The number of benzene rings is 1. The van der Waals surface area contributed by atoms with Crippen LogP contribution in [0.5, 0.6) is 0 Å². The zero-order chi connectivity index (χ0) is 13.8. The monoisotopic (exact) mass is 320 g/mol. The Kier molecular flexibility index (Phi) is 5.45. The van der Waals surface area contributed by atoms with Crippen LogP contribution >= 0.6 is 15.9 Å². The van der Waals surface area contributed by atoms with E-state index in [0.717, 1.165) is 10.0 Å². The Labute approximate surface area is 114 Å². The molecule has 1 aromatic rings. The van der Waals surface area contributed by atoms with E-state index < -0.39 is 12.1 Å². The van der Waals surface area contributed by atoms with Crippen LogP contribution < -0.4 is 0 Å². The number of alkyl halides is 3. The Morgan fingerprint density at radius 3 is 2.56 bits per heavy atom. The quantitative estimate of drug-likeness (QED) is 0.654. The summed E-state index contributed by atoms with van der Waals surface area (Å²) in [4.78, 5) is 0. The fraction of sp³-hybridized carbons (Fsp3) is 0.429. The van der Waals surface area contributed by atoms with Crippen molar-refractivity contribution in [1.29, 1.82) is 0 Å². The molecule has 0 aliphatic carbocycles. The fourth-order valence-corrected chi connectivity index (χ4v) is 2.14. The van der Waals surface area contributed by atoms with E-state index in [4.69, 9.17) is 0 Å². The van der Waals surface area contributed by atoms with Gasteiger partial charge in [-0.25, -0.2) is 0 Å². The minimum absolute atomic E-state index is 0.433. The van der Waals surface area contributed by atoms with Gasteiger partial charge in [-0.3, -0.25) is 0 Å². The molecule has 0 aliphatic heterocycles. The van der Waals surface area contributed by atoms with E-state index in [0.29, 0.717) is 18.4 Å². The highest BCUT2D eigenvalue weighted by atomic mass is 79.9. The molecule has 1 aromatic carbocycles. The predicted octanol–water partition coefficient (Wildman–Crippen LogP) is 5.83. The first-order valence-electron chi connectivity index (χ1n) is 5.87. The summed E-state index contributed by atoms with van der Waals surface area (Å²) in [5.41, 5.74) is 1.23. The van der Waals surface area contributed by atoms with Crippen molar-refractivity contribution in [2.45, 2.75) is 32.9 Å². The molecule has 0 N–H and O–H groups in total. The summed E-state index contributed by atoms with van der Waals surface area (Å²) in [7, 11) is 0. The van der Waals surface area contributed by atoms with Gasteiger partial charge in [0.25, 0.3) is 0 Å². The highest BCUT2D eigenvalue weighted by molar-refractivity contribution is 9.10. The largest absolute Gasteiger partial charge is 0.395 e. The van der Waals surface area contributed by atoms with Gasteiger partial charge in [0.2, 0.25) is 0 Å². The minimum Gasteiger partial charge on any atom is -0.170 e. The van der Waals surface area contributed by atoms with Crippen LogP contribution in [0.3, 0.4) is 0 Å². The molecule has 0 saturated heterocycles. The van der Waals surface area contributed by atoms with Gasteiger partial charge in [0.15, 0.2) is 0 Å². The SMILES string of the molecule is CCCC(=Cc1cccc(Br)c1)C(C)C(F)(F)F. The number of allylic oxidation sites excluding steroid dienone is 1. The van der Waals surface area contributed by atoms with Crippen molar-refractivity contribution in [2.75, 3.05) is 0 Å². The van der Waals surface area contributed by atoms with Crippen molar-refractivity contribution in [1.82, 2.24) is 0 Å². The van der Waals surface area contributed by atoms with Gasteiger partial charge >= 0.3 is 6.18 Å². The fourth-order valence-electron chi connectivity index (χ4n) is 1.72. The van der Waals surface area contributed by atoms with Gasteiger partial charge in [0, 0.05) is 4.47 Å². The van der Waals surface area contributed by atoms with Gasteiger partial charge in [-0.2, -0.15) is 13.2 Å². The van der Waals surface area contributed by atoms with Gasteiger partial charge in [-0.1, -0.05) is 53.1 Å². The molecule has 0 bridgehead atoms. The lowest BCUT2D eigenvalue weighted by Gasteiger charge is -2.19. The average molecular weight is 321 g/mol. The zero-order valence-electron chi connectivity index (χ0n) is 10.4. The Hall–Kier alpha value is -0.770. The molecular weight excluding hydrogens is 305 g/mol. The van der Waals surface area contributed by atoms with Crippen LogP contribution in [-0.2, 0) is 0 Å². The summed E-state index contributed by atoms with van der Waals surface area (Å²) in [5, 5.41) is 0. The first kappa shape index (κ1) is 15.3. The van der Waals surface area contributed by atoms with Gasteiger partial charge in [-0.15, -0.1) is 0 Å². The molecule has 18 heavy (non-hydrogen) atoms. The molecule has 0 aromatic heterocycles. The average Bonchev–Trinajstić information content (AvgIpc) is 2.26. The minimum atomic E-state index is -4.17. The maximum atomic E-state index is 12.8. The lowest BCUT2D eigenvalue weighted by molar-refractivity contribution is -0.159. The first-order chi connectivity index (χ1) is 8.34. The molecule has 1 atom stereocenters. The Balaban J connectivity index is 3.04. The number of hydrogen-bond donors (Lipinski definition) is 0. The van der Waals surface area contributed by atoms with Gasteiger partial charge in [0.05, 0.1) is 5.92 Å². The second kappa shape index (κ2) is 6.41. The third-order valence-electron chi connectivity index (χ3n) is 2.79. The van der Waals surface area contributed by atoms with Crippen LogP contribution in [0.2, 0.25) is 0 Å². The van der Waals surface area contributed by atoms with Gasteiger partial charge < -0.3 is 0 Å². The van der Waals surface area contributed by atoms with E-state index in [-0.39, 0.29) is 0 Å². The van der Waals surface area contributed by atoms with Crippen LogP contribution in [0.4, 0.5) is 13.2 Å². The van der Waals surface area contributed by atoms with Crippen LogP contribution in [-0.4, -0.2) is 6.18 Å². The van der Waals surface area contributed by atoms with E-state index in [1.54, 1.807) is 6.08 Å². The summed E-state index contributed by atoms with van der Waals surface area (Å²) < 4.78 is 39.1. The number of hydrogen-bond acceptors (Lipinski definition) is 0. The van der Waals surface area contributed by atoms with Crippen molar-refractivity contribution in [3.63, 3.8) is 0 Å². The predicted molar refractivity (Wildman–Crippen MR) is 72.2 cm³/mol. The highest BCUT2D eigenvalue weighted by Crippen LogP contribution is 2.34. The molecule has 4 heteroatoms. The second-order valence-corrected chi connectivity index (χ2v) is 5.20. The van der Waals surface area contributed by atoms with Crippen LogP contribution in [0.1, 0.15) is 32.3 Å². The normalized spacial score (nSPS) is 14.7. The lowest BCUT2D eigenvalue weighted by atomic mass is 9.94. The molecule has 0 heterocycles. The third kappa shape index (κ3) is 4.48. The molecule has 0 spiro atoms. The molecule has 0 amide bonds. The molecule has 1 unspecified atom stereocenters. The molecule has 0 radical (unpaired) electrons. The standard InChI is InChI=1S/C14H16BrF3/c1-3-5-12(10(2)14(16,17)18)8-11-6-4-7-13(15)9-11/h4,6-10H,3,5H2,1-2H3. The third-order valence-corrected chi connectivity index (χ3v) is 3.28. The van der Waals surface area contributed by atoms with Crippen LogP contribution in [0.15, 0.2) is 34.3 Å². The molecule has 0 aliphatic rings. The number of halogens is 4.